The van der Waals surface area contributed by atoms with Gasteiger partial charge in [0.2, 0.25) is 0 Å². The Balaban J connectivity index is 1.76. The lowest BCUT2D eigenvalue weighted by Crippen LogP contribution is -2.34. The molecular weight excluding hydrogens is 356 g/mol. The number of esters is 1. The molecule has 144 valence electrons. The summed E-state index contributed by atoms with van der Waals surface area (Å²) in [6, 6.07) is 10.0. The van der Waals surface area contributed by atoms with Gasteiger partial charge in [-0.2, -0.15) is 5.10 Å². The van der Waals surface area contributed by atoms with Crippen LogP contribution in [0.4, 0.5) is 0 Å². The molecule has 1 atom stereocenters. The van der Waals surface area contributed by atoms with Crippen LogP contribution in [0.1, 0.15) is 52.1 Å². The first-order valence-corrected chi connectivity index (χ1v) is 9.27. The van der Waals surface area contributed by atoms with Crippen LogP contribution >= 0.6 is 0 Å². The van der Waals surface area contributed by atoms with Crippen molar-refractivity contribution in [3.8, 4) is 0 Å². The van der Waals surface area contributed by atoms with E-state index in [1.807, 2.05) is 38.2 Å². The maximum absolute atomic E-state index is 13.2. The zero-order chi connectivity index (χ0) is 19.8. The number of nitrogens with one attached hydrogen (secondary N) is 1. The van der Waals surface area contributed by atoms with Crippen molar-refractivity contribution >= 4 is 22.9 Å². The molecule has 7 nitrogen and oxygen atoms in total. The molecule has 28 heavy (non-hydrogen) atoms. The Morgan fingerprint density at radius 3 is 2.61 bits per heavy atom. The van der Waals surface area contributed by atoms with Crippen molar-refractivity contribution in [2.45, 2.75) is 31.7 Å². The van der Waals surface area contributed by atoms with E-state index in [4.69, 9.17) is 9.72 Å². The lowest BCUT2D eigenvalue weighted by atomic mass is 10.0. The van der Waals surface area contributed by atoms with E-state index in [1.165, 1.54) is 7.11 Å². The predicted molar refractivity (Wildman–Crippen MR) is 104 cm³/mol. The molecule has 1 amide bonds. The number of pyridine rings is 1. The zero-order valence-electron chi connectivity index (χ0n) is 16.1. The topological polar surface area (TPSA) is 86.1 Å². The Hall–Kier alpha value is -3.22. The van der Waals surface area contributed by atoms with Crippen LogP contribution in [0.5, 0.6) is 0 Å². The average molecular weight is 378 g/mol. The van der Waals surface area contributed by atoms with Crippen molar-refractivity contribution in [3.63, 3.8) is 0 Å². The maximum Gasteiger partial charge on any atom is 0.333 e. The molecule has 1 aromatic carbocycles. The minimum absolute atomic E-state index is 0.343. The molecule has 1 aliphatic carbocycles. The Labute approximate surface area is 162 Å². The molecule has 3 aromatic rings. The summed E-state index contributed by atoms with van der Waals surface area (Å²) in [6.07, 6.45) is 2.15. The number of aryl methyl sites for hydroxylation is 2. The number of hydrogen-bond acceptors (Lipinski definition) is 5. The highest BCUT2D eigenvalue weighted by Crippen LogP contribution is 2.40. The molecule has 0 radical (unpaired) electrons. The predicted octanol–water partition coefficient (Wildman–Crippen LogP) is 2.80. The van der Waals surface area contributed by atoms with Crippen LogP contribution in [0, 0.1) is 6.92 Å². The summed E-state index contributed by atoms with van der Waals surface area (Å²) < 4.78 is 6.61. The first kappa shape index (κ1) is 18.2. The molecule has 0 saturated heterocycles. The van der Waals surface area contributed by atoms with E-state index in [0.29, 0.717) is 28.1 Å². The second-order valence-corrected chi connectivity index (χ2v) is 7.12. The fourth-order valence-corrected chi connectivity index (χ4v) is 3.48. The minimum atomic E-state index is -0.886. The van der Waals surface area contributed by atoms with Gasteiger partial charge in [0, 0.05) is 18.7 Å². The Morgan fingerprint density at radius 2 is 1.96 bits per heavy atom. The van der Waals surface area contributed by atoms with E-state index in [-0.39, 0.29) is 5.91 Å². The van der Waals surface area contributed by atoms with Gasteiger partial charge in [-0.1, -0.05) is 30.3 Å². The van der Waals surface area contributed by atoms with Gasteiger partial charge in [-0.3, -0.25) is 9.48 Å². The Morgan fingerprint density at radius 1 is 1.25 bits per heavy atom. The van der Waals surface area contributed by atoms with Gasteiger partial charge in [0.25, 0.3) is 5.91 Å². The van der Waals surface area contributed by atoms with Gasteiger partial charge in [0.1, 0.15) is 0 Å². The number of fused-ring (bicyclic) bond motifs is 1. The van der Waals surface area contributed by atoms with Crippen LogP contribution in [-0.2, 0) is 16.6 Å². The molecule has 0 spiro atoms. The number of aromatic nitrogens is 3. The number of ether oxygens (including phenoxy) is 1. The summed E-state index contributed by atoms with van der Waals surface area (Å²) in [4.78, 5) is 30.3. The van der Waals surface area contributed by atoms with Crippen LogP contribution in [0.3, 0.4) is 0 Å². The third kappa shape index (κ3) is 3.24. The van der Waals surface area contributed by atoms with E-state index in [9.17, 15) is 9.59 Å². The highest BCUT2D eigenvalue weighted by molar-refractivity contribution is 6.07. The normalized spacial score (nSPS) is 14.7. The first-order chi connectivity index (χ1) is 13.5. The monoisotopic (exact) mass is 378 g/mol. The molecule has 0 aliphatic heterocycles. The fraction of sp³-hybridized carbons (Fsp3) is 0.333. The standard InChI is InChI=1S/C21H22N4O3/c1-12-17-15(11-16(13-9-10-13)22-19(17)25(2)24-12)20(26)23-18(21(27)28-3)14-7-5-4-6-8-14/h4-8,11,13,18H,9-10H2,1-3H3,(H,23,26). The number of carbonyl (C=O) groups excluding carboxylic acids is 2. The van der Waals surface area contributed by atoms with Crippen molar-refractivity contribution in [1.82, 2.24) is 20.1 Å². The Kier molecular flexibility index (Phi) is 4.58. The van der Waals surface area contributed by atoms with Gasteiger partial charge in [0.05, 0.1) is 23.8 Å². The smallest absolute Gasteiger partial charge is 0.333 e. The number of carbonyl (C=O) groups is 2. The third-order valence-corrected chi connectivity index (χ3v) is 5.07. The lowest BCUT2D eigenvalue weighted by molar-refractivity contribution is -0.143. The number of benzene rings is 1. The highest BCUT2D eigenvalue weighted by atomic mass is 16.5. The summed E-state index contributed by atoms with van der Waals surface area (Å²) in [5.74, 6) is -0.475. The van der Waals surface area contributed by atoms with Gasteiger partial charge < -0.3 is 10.1 Å². The summed E-state index contributed by atoms with van der Waals surface area (Å²) >= 11 is 0. The van der Waals surface area contributed by atoms with Crippen LogP contribution in [0.15, 0.2) is 36.4 Å². The number of nitrogens with zero attached hydrogens (tertiary/aromatic N) is 3. The maximum atomic E-state index is 13.2. The van der Waals surface area contributed by atoms with E-state index in [0.717, 1.165) is 24.2 Å². The van der Waals surface area contributed by atoms with Crippen LogP contribution in [0.2, 0.25) is 0 Å². The second-order valence-electron chi connectivity index (χ2n) is 7.12. The SMILES string of the molecule is COC(=O)C(NC(=O)c1cc(C2CC2)nc2c1c(C)nn2C)c1ccccc1. The van der Waals surface area contributed by atoms with Crippen molar-refractivity contribution < 1.29 is 14.3 Å². The number of amides is 1. The van der Waals surface area contributed by atoms with E-state index in [2.05, 4.69) is 10.4 Å². The van der Waals surface area contributed by atoms with Gasteiger partial charge in [-0.05, 0) is 31.4 Å². The van der Waals surface area contributed by atoms with E-state index >= 15 is 0 Å². The summed E-state index contributed by atoms with van der Waals surface area (Å²) in [7, 11) is 3.13. The number of hydrogen-bond donors (Lipinski definition) is 1. The van der Waals surface area contributed by atoms with Crippen molar-refractivity contribution in [2.75, 3.05) is 7.11 Å². The zero-order valence-corrected chi connectivity index (χ0v) is 16.1. The van der Waals surface area contributed by atoms with E-state index in [1.54, 1.807) is 16.8 Å². The minimum Gasteiger partial charge on any atom is -0.467 e. The molecule has 1 N–H and O–H groups in total. The van der Waals surface area contributed by atoms with Gasteiger partial charge in [0.15, 0.2) is 11.7 Å². The molecule has 2 heterocycles. The molecule has 2 aromatic heterocycles. The van der Waals surface area contributed by atoms with Gasteiger partial charge in [-0.15, -0.1) is 0 Å². The fourth-order valence-electron chi connectivity index (χ4n) is 3.48. The Bertz CT molecular complexity index is 1050. The molecule has 1 saturated carbocycles. The lowest BCUT2D eigenvalue weighted by Gasteiger charge is -2.17. The first-order valence-electron chi connectivity index (χ1n) is 9.27. The van der Waals surface area contributed by atoms with Gasteiger partial charge in [-0.25, -0.2) is 9.78 Å². The van der Waals surface area contributed by atoms with Crippen molar-refractivity contribution in [2.24, 2.45) is 7.05 Å². The summed E-state index contributed by atoms with van der Waals surface area (Å²) in [6.45, 7) is 1.85. The molecule has 1 fully saturated rings. The largest absolute Gasteiger partial charge is 0.467 e. The molecule has 1 unspecified atom stereocenters. The van der Waals surface area contributed by atoms with Crippen molar-refractivity contribution in [1.29, 1.82) is 0 Å². The van der Waals surface area contributed by atoms with Gasteiger partial charge >= 0.3 is 5.97 Å². The third-order valence-electron chi connectivity index (χ3n) is 5.07. The number of rotatable bonds is 5. The van der Waals surface area contributed by atoms with Crippen LogP contribution < -0.4 is 5.32 Å². The highest BCUT2D eigenvalue weighted by Gasteiger charge is 2.30. The molecule has 1 aliphatic rings. The number of methoxy groups -OCH3 is 1. The molecule has 4 rings (SSSR count). The summed E-state index contributed by atoms with van der Waals surface area (Å²) in [5, 5.41) is 7.97. The average Bonchev–Trinajstić information content (AvgIpc) is 3.52. The molecular formula is C21H22N4O3. The van der Waals surface area contributed by atoms with Crippen LogP contribution in [-0.4, -0.2) is 33.8 Å². The summed E-state index contributed by atoms with van der Waals surface area (Å²) in [5.41, 5.74) is 3.46. The van der Waals surface area contributed by atoms with E-state index < -0.39 is 12.0 Å². The quantitative estimate of drug-likeness (QED) is 0.690. The second kappa shape index (κ2) is 7.07. The molecule has 0 bridgehead atoms. The van der Waals surface area contributed by atoms with Crippen molar-refractivity contribution in [3.05, 3.63) is 58.9 Å². The van der Waals surface area contributed by atoms with Crippen LogP contribution in [0.25, 0.3) is 11.0 Å². The molecule has 7 heteroatoms.